The van der Waals surface area contributed by atoms with E-state index in [1.54, 1.807) is 6.20 Å². The smallest absolute Gasteiger partial charge is 0.340 e. The van der Waals surface area contributed by atoms with Crippen LogP contribution in [0.25, 0.3) is 10.8 Å². The highest BCUT2D eigenvalue weighted by Crippen LogP contribution is 2.29. The van der Waals surface area contributed by atoms with Crippen molar-refractivity contribution in [1.82, 2.24) is 14.9 Å². The molecule has 2 aromatic heterocycles. The van der Waals surface area contributed by atoms with Crippen LogP contribution in [-0.2, 0) is 4.74 Å². The number of hydrogen-bond donors (Lipinski definition) is 0. The third kappa shape index (κ3) is 4.77. The van der Waals surface area contributed by atoms with Gasteiger partial charge in [0.1, 0.15) is 0 Å². The fourth-order valence-electron chi connectivity index (χ4n) is 3.87. The molecule has 0 atom stereocenters. The molecular weight excluding hydrogens is 392 g/mol. The Morgan fingerprint density at radius 1 is 1.13 bits per heavy atom. The molecule has 3 heterocycles. The van der Waals surface area contributed by atoms with Crippen molar-refractivity contribution < 1.29 is 14.3 Å². The molecule has 4 rings (SSSR count). The first-order chi connectivity index (χ1) is 15.0. The number of esters is 1. The summed E-state index contributed by atoms with van der Waals surface area (Å²) in [6.45, 7) is 2.97. The molecule has 0 unspecified atom stereocenters. The first kappa shape index (κ1) is 21.1. The molecular formula is C24H28N4O3. The van der Waals surface area contributed by atoms with E-state index < -0.39 is 5.97 Å². The number of aromatic nitrogens is 2. The van der Waals surface area contributed by atoms with Gasteiger partial charge in [-0.3, -0.25) is 4.98 Å². The molecule has 0 radical (unpaired) electrons. The van der Waals surface area contributed by atoms with E-state index >= 15 is 0 Å². The Balaban J connectivity index is 1.47. The van der Waals surface area contributed by atoms with E-state index in [1.807, 2.05) is 48.5 Å². The Bertz CT molecular complexity index is 1050. The molecule has 1 fully saturated rings. The van der Waals surface area contributed by atoms with Gasteiger partial charge in [-0.05, 0) is 57.1 Å². The number of carbonyl (C=O) groups is 1. The fourth-order valence-corrected chi connectivity index (χ4v) is 3.87. The number of fused-ring (bicyclic) bond motifs is 1. The van der Waals surface area contributed by atoms with Gasteiger partial charge in [0, 0.05) is 42.0 Å². The molecule has 162 valence electrons. The maximum absolute atomic E-state index is 12.1. The highest BCUT2D eigenvalue weighted by atomic mass is 16.5. The van der Waals surface area contributed by atoms with Crippen LogP contribution in [0.5, 0.6) is 5.88 Å². The number of hydrogen-bond acceptors (Lipinski definition) is 7. The zero-order valence-electron chi connectivity index (χ0n) is 18.2. The summed E-state index contributed by atoms with van der Waals surface area (Å²) in [5.41, 5.74) is 2.32. The zero-order valence-corrected chi connectivity index (χ0v) is 18.2. The van der Waals surface area contributed by atoms with Crippen LogP contribution >= 0.6 is 0 Å². The van der Waals surface area contributed by atoms with Gasteiger partial charge in [0.05, 0.1) is 31.2 Å². The lowest BCUT2D eigenvalue weighted by molar-refractivity contribution is 0.0602. The monoisotopic (exact) mass is 420 g/mol. The van der Waals surface area contributed by atoms with Crippen LogP contribution in [0, 0.1) is 5.92 Å². The molecule has 1 aromatic carbocycles. The second-order valence-corrected chi connectivity index (χ2v) is 8.06. The number of methoxy groups -OCH3 is 1. The topological polar surface area (TPSA) is 67.8 Å². The third-order valence-electron chi connectivity index (χ3n) is 5.95. The highest BCUT2D eigenvalue weighted by Gasteiger charge is 2.17. The summed E-state index contributed by atoms with van der Waals surface area (Å²) in [6.07, 6.45) is 7.42. The van der Waals surface area contributed by atoms with Crippen molar-refractivity contribution in [2.24, 2.45) is 5.92 Å². The summed E-state index contributed by atoms with van der Waals surface area (Å²) in [6, 6.07) is 9.82. The van der Waals surface area contributed by atoms with E-state index in [0.29, 0.717) is 24.0 Å². The van der Waals surface area contributed by atoms with Gasteiger partial charge in [-0.25, -0.2) is 9.78 Å². The van der Waals surface area contributed by atoms with Crippen molar-refractivity contribution in [3.8, 4) is 5.88 Å². The minimum atomic E-state index is -0.398. The van der Waals surface area contributed by atoms with Crippen molar-refractivity contribution in [2.45, 2.75) is 12.8 Å². The lowest BCUT2D eigenvalue weighted by atomic mass is 9.98. The summed E-state index contributed by atoms with van der Waals surface area (Å²) < 4.78 is 10.8. The lowest BCUT2D eigenvalue weighted by Crippen LogP contribution is -2.32. The molecule has 7 heteroatoms. The summed E-state index contributed by atoms with van der Waals surface area (Å²) in [5.74, 6) is 0.843. The summed E-state index contributed by atoms with van der Waals surface area (Å²) in [5, 5.41) is 1.69. The number of piperidine rings is 1. The molecule has 0 saturated carbocycles. The molecule has 1 aliphatic heterocycles. The average molecular weight is 421 g/mol. The SMILES string of the molecule is COC(=O)c1cncc2ccc(N(C)c3ccc(OCC4CCN(C)CC4)nc3)cc12. The fraction of sp³-hybridized carbons (Fsp3) is 0.375. The summed E-state index contributed by atoms with van der Waals surface area (Å²) in [7, 11) is 5.51. The van der Waals surface area contributed by atoms with Gasteiger partial charge in [0.15, 0.2) is 0 Å². The van der Waals surface area contributed by atoms with Gasteiger partial charge in [-0.1, -0.05) is 6.07 Å². The lowest BCUT2D eigenvalue weighted by Gasteiger charge is -2.28. The largest absolute Gasteiger partial charge is 0.477 e. The van der Waals surface area contributed by atoms with Crippen molar-refractivity contribution >= 4 is 28.1 Å². The van der Waals surface area contributed by atoms with Gasteiger partial charge in [-0.2, -0.15) is 0 Å². The van der Waals surface area contributed by atoms with Crippen molar-refractivity contribution in [3.63, 3.8) is 0 Å². The Labute approximate surface area is 182 Å². The Morgan fingerprint density at radius 2 is 1.90 bits per heavy atom. The molecule has 0 N–H and O–H groups in total. The van der Waals surface area contributed by atoms with E-state index in [0.717, 1.165) is 35.2 Å². The van der Waals surface area contributed by atoms with Crippen LogP contribution in [0.1, 0.15) is 23.2 Å². The molecule has 7 nitrogen and oxygen atoms in total. The number of ether oxygens (including phenoxy) is 2. The Hall–Kier alpha value is -3.19. The number of anilines is 2. The third-order valence-corrected chi connectivity index (χ3v) is 5.95. The van der Waals surface area contributed by atoms with Gasteiger partial charge in [-0.15, -0.1) is 0 Å². The second-order valence-electron chi connectivity index (χ2n) is 8.06. The molecule has 3 aromatic rings. The predicted molar refractivity (Wildman–Crippen MR) is 121 cm³/mol. The van der Waals surface area contributed by atoms with Crippen LogP contribution < -0.4 is 9.64 Å². The molecule has 1 aliphatic rings. The van der Waals surface area contributed by atoms with Crippen molar-refractivity contribution in [1.29, 1.82) is 0 Å². The highest BCUT2D eigenvalue weighted by molar-refractivity contribution is 6.05. The van der Waals surface area contributed by atoms with Gasteiger partial charge >= 0.3 is 5.97 Å². The number of nitrogens with zero attached hydrogens (tertiary/aromatic N) is 4. The van der Waals surface area contributed by atoms with E-state index in [2.05, 4.69) is 21.9 Å². The van der Waals surface area contributed by atoms with Gasteiger partial charge < -0.3 is 19.3 Å². The van der Waals surface area contributed by atoms with Crippen LogP contribution in [0.4, 0.5) is 11.4 Å². The van der Waals surface area contributed by atoms with Crippen LogP contribution in [0.2, 0.25) is 0 Å². The quantitative estimate of drug-likeness (QED) is 0.560. The molecule has 0 bridgehead atoms. The average Bonchev–Trinajstić information content (AvgIpc) is 2.82. The maximum atomic E-state index is 12.1. The van der Waals surface area contributed by atoms with Gasteiger partial charge in [0.25, 0.3) is 0 Å². The Kier molecular flexibility index (Phi) is 6.32. The minimum Gasteiger partial charge on any atom is -0.477 e. The molecule has 0 spiro atoms. The molecule has 0 aliphatic carbocycles. The Morgan fingerprint density at radius 3 is 2.61 bits per heavy atom. The predicted octanol–water partition coefficient (Wildman–Crippen LogP) is 3.90. The number of rotatable bonds is 6. The normalized spacial score (nSPS) is 15.1. The number of pyridine rings is 2. The van der Waals surface area contributed by atoms with E-state index in [9.17, 15) is 4.79 Å². The molecule has 0 amide bonds. The van der Waals surface area contributed by atoms with Crippen molar-refractivity contribution in [2.75, 3.05) is 45.8 Å². The van der Waals surface area contributed by atoms with Crippen molar-refractivity contribution in [3.05, 3.63) is 54.5 Å². The number of carbonyl (C=O) groups excluding carboxylic acids is 1. The minimum absolute atomic E-state index is 0.398. The van der Waals surface area contributed by atoms with Crippen LogP contribution in [0.15, 0.2) is 48.9 Å². The van der Waals surface area contributed by atoms with E-state index in [-0.39, 0.29) is 0 Å². The summed E-state index contributed by atoms with van der Waals surface area (Å²) >= 11 is 0. The van der Waals surface area contributed by atoms with E-state index in [1.165, 1.54) is 26.1 Å². The summed E-state index contributed by atoms with van der Waals surface area (Å²) in [4.78, 5) is 25.1. The van der Waals surface area contributed by atoms with Crippen LogP contribution in [0.3, 0.4) is 0 Å². The number of likely N-dealkylation sites (tertiary alicyclic amines) is 1. The number of benzene rings is 1. The molecule has 31 heavy (non-hydrogen) atoms. The zero-order chi connectivity index (χ0) is 21.8. The maximum Gasteiger partial charge on any atom is 0.340 e. The first-order valence-electron chi connectivity index (χ1n) is 10.5. The van der Waals surface area contributed by atoms with E-state index in [4.69, 9.17) is 9.47 Å². The van der Waals surface area contributed by atoms with Crippen LogP contribution in [-0.4, -0.2) is 61.7 Å². The van der Waals surface area contributed by atoms with Gasteiger partial charge in [0.2, 0.25) is 5.88 Å². The first-order valence-corrected chi connectivity index (χ1v) is 10.5. The standard InChI is InChI=1S/C24H28N4O3/c1-27-10-8-17(9-11-27)16-31-23-7-6-20(14-26-23)28(2)19-5-4-18-13-25-15-22(21(18)12-19)24(29)30-3/h4-7,12-15,17H,8-11,16H2,1-3H3. The second kappa shape index (κ2) is 9.31. The molecule has 1 saturated heterocycles.